The molecule has 0 bridgehead atoms. The zero-order chi connectivity index (χ0) is 5.86. The molecule has 2 nitrogen and oxygen atoms in total. The van der Waals surface area contributed by atoms with Gasteiger partial charge in [0, 0.05) is 19.5 Å². The van der Waals surface area contributed by atoms with Crippen LogP contribution in [-0.4, -0.2) is 13.1 Å². The molecule has 0 aliphatic heterocycles. The molecule has 0 aromatic carbocycles. The van der Waals surface area contributed by atoms with E-state index in [2.05, 4.69) is 11.7 Å². The Hall–Kier alpha value is 0.823. The molecule has 0 saturated heterocycles. The molecule has 0 aliphatic carbocycles. The maximum Gasteiger partial charge on any atom is 0.308 e. The smallest absolute Gasteiger partial charge is 0.308 e. The van der Waals surface area contributed by atoms with E-state index in [4.69, 9.17) is 0 Å². The summed E-state index contributed by atoms with van der Waals surface area (Å²) in [5.74, 6) is -0.509. The average molecular weight is 293 g/mol. The SMILES string of the molecule is [CH2][C@H](C)C(=O)OC.[I-].[Zn]. The molecule has 4 heteroatoms. The predicted octanol–water partition coefficient (Wildman–Crippen LogP) is -2.37. The van der Waals surface area contributed by atoms with Crippen molar-refractivity contribution >= 4 is 5.97 Å². The maximum atomic E-state index is 10.2. The van der Waals surface area contributed by atoms with E-state index in [0.717, 1.165) is 0 Å². The largest absolute Gasteiger partial charge is 1.00 e. The Kier molecular flexibility index (Phi) is 16.1. The Morgan fingerprint density at radius 3 is 2.00 bits per heavy atom. The fraction of sp³-hybridized carbons (Fsp3) is 0.600. The Bertz CT molecular complexity index is 75.4. The number of methoxy groups -OCH3 is 1. The molecule has 0 saturated carbocycles. The molecule has 0 fully saturated rings. The zero-order valence-corrected chi connectivity index (χ0v) is 10.8. The van der Waals surface area contributed by atoms with E-state index in [0.29, 0.717) is 0 Å². The molecule has 0 rings (SSSR count). The van der Waals surface area contributed by atoms with E-state index < -0.39 is 0 Å². The molecule has 9 heavy (non-hydrogen) atoms. The van der Waals surface area contributed by atoms with Gasteiger partial charge in [0.25, 0.3) is 0 Å². The minimum atomic E-state index is -0.264. The van der Waals surface area contributed by atoms with Gasteiger partial charge in [0.05, 0.1) is 13.0 Å². The monoisotopic (exact) mass is 292 g/mol. The van der Waals surface area contributed by atoms with E-state index in [1.807, 2.05) is 0 Å². The van der Waals surface area contributed by atoms with Crippen molar-refractivity contribution < 1.29 is 53.0 Å². The summed E-state index contributed by atoms with van der Waals surface area (Å²) in [5.41, 5.74) is 0. The summed E-state index contributed by atoms with van der Waals surface area (Å²) in [7, 11) is 1.35. The van der Waals surface area contributed by atoms with E-state index in [1.165, 1.54) is 7.11 Å². The van der Waals surface area contributed by atoms with E-state index in [9.17, 15) is 4.79 Å². The summed E-state index contributed by atoms with van der Waals surface area (Å²) in [6, 6.07) is 0. The number of hydrogen-bond acceptors (Lipinski definition) is 2. The van der Waals surface area contributed by atoms with Crippen LogP contribution in [0.1, 0.15) is 6.92 Å². The van der Waals surface area contributed by atoms with Crippen molar-refractivity contribution in [2.24, 2.45) is 5.92 Å². The fourth-order valence-electron chi connectivity index (χ4n) is 0.201. The number of hydrogen-bond donors (Lipinski definition) is 0. The van der Waals surface area contributed by atoms with Crippen molar-refractivity contribution in [3.63, 3.8) is 0 Å². The Balaban J connectivity index is -0.000000180. The van der Waals surface area contributed by atoms with Gasteiger partial charge in [-0.2, -0.15) is 0 Å². The van der Waals surface area contributed by atoms with Crippen molar-refractivity contribution in [3.05, 3.63) is 6.92 Å². The third-order valence-electron chi connectivity index (χ3n) is 0.604. The van der Waals surface area contributed by atoms with Crippen molar-refractivity contribution in [2.45, 2.75) is 6.92 Å². The molecule has 0 unspecified atom stereocenters. The minimum absolute atomic E-state index is 0. The first-order chi connectivity index (χ1) is 3.18. The molecule has 0 amide bonds. The Morgan fingerprint density at radius 1 is 1.67 bits per heavy atom. The molecule has 1 atom stereocenters. The third-order valence-corrected chi connectivity index (χ3v) is 0.604. The molecule has 51 valence electrons. The van der Waals surface area contributed by atoms with Crippen molar-refractivity contribution in [1.82, 2.24) is 0 Å². The molecule has 0 heterocycles. The molecule has 0 N–H and O–H groups in total. The first-order valence-corrected chi connectivity index (χ1v) is 2.09. The number of halogens is 1. The minimum Gasteiger partial charge on any atom is -1.00 e. The van der Waals surface area contributed by atoms with Crippen LogP contribution in [0.4, 0.5) is 0 Å². The Labute approximate surface area is 85.5 Å². The number of rotatable bonds is 1. The van der Waals surface area contributed by atoms with Gasteiger partial charge >= 0.3 is 5.97 Å². The van der Waals surface area contributed by atoms with E-state index in [-0.39, 0.29) is 55.3 Å². The molecule has 0 aromatic rings. The molecular formula is C5H9IO2Zn-. The van der Waals surface area contributed by atoms with Crippen LogP contribution >= 0.6 is 0 Å². The number of esters is 1. The van der Waals surface area contributed by atoms with Crippen LogP contribution in [0.25, 0.3) is 0 Å². The summed E-state index contributed by atoms with van der Waals surface area (Å²) in [5, 5.41) is 0. The summed E-state index contributed by atoms with van der Waals surface area (Å²) in [6.07, 6.45) is 0. The molecular weight excluding hydrogens is 284 g/mol. The van der Waals surface area contributed by atoms with Gasteiger partial charge in [-0.1, -0.05) is 6.92 Å². The van der Waals surface area contributed by atoms with Gasteiger partial charge < -0.3 is 28.7 Å². The zero-order valence-electron chi connectivity index (χ0n) is 5.69. The second-order valence-electron chi connectivity index (χ2n) is 1.42. The summed E-state index contributed by atoms with van der Waals surface area (Å²) >= 11 is 0. The number of carbonyl (C=O) groups is 1. The van der Waals surface area contributed by atoms with Gasteiger partial charge in [0.1, 0.15) is 0 Å². The van der Waals surface area contributed by atoms with Crippen LogP contribution in [0.5, 0.6) is 0 Å². The summed E-state index contributed by atoms with van der Waals surface area (Å²) in [6.45, 7) is 5.12. The van der Waals surface area contributed by atoms with Crippen molar-refractivity contribution in [1.29, 1.82) is 0 Å². The van der Waals surface area contributed by atoms with Gasteiger partial charge in [-0.05, 0) is 6.92 Å². The van der Waals surface area contributed by atoms with E-state index in [1.54, 1.807) is 6.92 Å². The molecule has 0 aliphatic rings. The average Bonchev–Trinajstić information content (AvgIpc) is 1.65. The summed E-state index contributed by atoms with van der Waals surface area (Å²) in [4.78, 5) is 10.2. The second-order valence-corrected chi connectivity index (χ2v) is 1.42. The van der Waals surface area contributed by atoms with Gasteiger partial charge in [-0.3, -0.25) is 4.79 Å². The molecule has 0 spiro atoms. The molecule has 0 aromatic heterocycles. The first-order valence-electron chi connectivity index (χ1n) is 2.09. The van der Waals surface area contributed by atoms with Gasteiger partial charge in [-0.15, -0.1) is 0 Å². The number of carbonyl (C=O) groups excluding carboxylic acids is 1. The van der Waals surface area contributed by atoms with Gasteiger partial charge in [0.15, 0.2) is 0 Å². The third kappa shape index (κ3) is 8.82. The standard InChI is InChI=1S/C5H9O2.HI.Zn/c1-4(2)5(6)7-3;;/h4H,1H2,2-3H3;1H;/p-1/t4-;;/m1../s1. The van der Waals surface area contributed by atoms with Crippen LogP contribution in [0.2, 0.25) is 0 Å². The van der Waals surface area contributed by atoms with Crippen LogP contribution < -0.4 is 24.0 Å². The van der Waals surface area contributed by atoms with Crippen molar-refractivity contribution in [2.75, 3.05) is 7.11 Å². The summed E-state index contributed by atoms with van der Waals surface area (Å²) < 4.78 is 4.31. The van der Waals surface area contributed by atoms with Crippen molar-refractivity contribution in [3.8, 4) is 0 Å². The first kappa shape index (κ1) is 16.4. The van der Waals surface area contributed by atoms with Gasteiger partial charge in [0.2, 0.25) is 0 Å². The van der Waals surface area contributed by atoms with Gasteiger partial charge in [-0.25, -0.2) is 0 Å². The van der Waals surface area contributed by atoms with E-state index >= 15 is 0 Å². The predicted molar refractivity (Wildman–Crippen MR) is 26.5 cm³/mol. The molecule has 1 radical (unpaired) electrons. The fourth-order valence-corrected chi connectivity index (χ4v) is 0.201. The van der Waals surface area contributed by atoms with Crippen LogP contribution in [0.15, 0.2) is 0 Å². The topological polar surface area (TPSA) is 26.3 Å². The second kappa shape index (κ2) is 8.82. The quantitative estimate of drug-likeness (QED) is 0.307. The Morgan fingerprint density at radius 2 is 2.00 bits per heavy atom. The maximum absolute atomic E-state index is 10.2. The van der Waals surface area contributed by atoms with Crippen LogP contribution in [-0.2, 0) is 29.0 Å². The number of ether oxygens (including phenoxy) is 1. The van der Waals surface area contributed by atoms with Crippen LogP contribution in [0, 0.1) is 12.8 Å². The van der Waals surface area contributed by atoms with Crippen LogP contribution in [0.3, 0.4) is 0 Å². The normalized spacial score (nSPS) is 7.11.